The molecule has 0 fully saturated rings. The maximum atomic E-state index is 12.9. The maximum Gasteiger partial charge on any atom is 0.299 e. The number of methoxy groups -OCH3 is 1. The molecule has 0 atom stereocenters. The molecule has 2 aromatic carbocycles. The van der Waals surface area contributed by atoms with Crippen molar-refractivity contribution in [2.45, 2.75) is 37.0 Å². The molecule has 0 aliphatic carbocycles. The Morgan fingerprint density at radius 3 is 2.47 bits per heavy atom. The molecular formula is C21H24N4O7S2. The van der Waals surface area contributed by atoms with Gasteiger partial charge in [0.1, 0.15) is 11.4 Å². The molecule has 0 saturated carbocycles. The highest BCUT2D eigenvalue weighted by Gasteiger charge is 2.15. The number of aromatic amines is 1. The highest BCUT2D eigenvalue weighted by Crippen LogP contribution is 2.36. The maximum absolute atomic E-state index is 12.9. The number of azo groups is 1. The number of aryl methyl sites for hydroxylation is 2. The Balaban J connectivity index is 1.88. The summed E-state index contributed by atoms with van der Waals surface area (Å²) in [6.45, 7) is 5.99. The van der Waals surface area contributed by atoms with E-state index in [9.17, 15) is 13.2 Å². The minimum absolute atomic E-state index is 0.0771. The zero-order chi connectivity index (χ0) is 24.9. The Kier molecular flexibility index (Phi) is 8.28. The molecule has 0 amide bonds. The van der Waals surface area contributed by atoms with E-state index in [4.69, 9.17) is 18.5 Å². The lowest BCUT2D eigenvalue weighted by molar-refractivity contribution is -0.190. The number of benzene rings is 2. The molecule has 0 spiro atoms. The van der Waals surface area contributed by atoms with E-state index >= 15 is 0 Å². The van der Waals surface area contributed by atoms with Crippen molar-refractivity contribution in [3.8, 4) is 11.4 Å². The van der Waals surface area contributed by atoms with Crippen LogP contribution in [-0.2, 0) is 19.3 Å². The lowest BCUT2D eigenvalue weighted by Gasteiger charge is -2.09. The van der Waals surface area contributed by atoms with Crippen molar-refractivity contribution in [2.24, 2.45) is 10.2 Å². The average Bonchev–Trinajstić information content (AvgIpc) is 3.09. The van der Waals surface area contributed by atoms with Gasteiger partial charge in [-0.15, -0.1) is 10.2 Å². The Morgan fingerprint density at radius 1 is 1.15 bits per heavy atom. The second-order valence-corrected chi connectivity index (χ2v) is 9.32. The van der Waals surface area contributed by atoms with Gasteiger partial charge in [-0.1, -0.05) is 6.92 Å². The first kappa shape index (κ1) is 25.6. The van der Waals surface area contributed by atoms with E-state index in [-0.39, 0.29) is 10.6 Å². The molecular weight excluding hydrogens is 484 g/mol. The summed E-state index contributed by atoms with van der Waals surface area (Å²) in [5, 5.41) is 11.2. The van der Waals surface area contributed by atoms with E-state index < -0.39 is 15.7 Å². The first-order valence-corrected chi connectivity index (χ1v) is 12.3. The van der Waals surface area contributed by atoms with Gasteiger partial charge in [-0.05, 0) is 62.2 Å². The molecule has 0 bridgehead atoms. The zero-order valence-corrected chi connectivity index (χ0v) is 20.6. The number of H-pyrrole nitrogens is 1. The zero-order valence-electron chi connectivity index (χ0n) is 18.9. The average molecular weight is 509 g/mol. The molecule has 11 nitrogen and oxygen atoms in total. The van der Waals surface area contributed by atoms with E-state index in [1.54, 1.807) is 19.1 Å². The van der Waals surface area contributed by atoms with Crippen molar-refractivity contribution in [1.29, 1.82) is 0 Å². The lowest BCUT2D eigenvalue weighted by Crippen LogP contribution is -2.14. The molecule has 0 saturated heterocycles. The summed E-state index contributed by atoms with van der Waals surface area (Å²) < 4.78 is 43.3. The summed E-state index contributed by atoms with van der Waals surface area (Å²) in [5.74, 6) is 0.435. The third kappa shape index (κ3) is 5.93. The summed E-state index contributed by atoms with van der Waals surface area (Å²) in [5.41, 5.74) is 1.68. The highest BCUT2D eigenvalue weighted by molar-refractivity contribution is 7.94. The Morgan fingerprint density at radius 2 is 1.85 bits per heavy atom. The van der Waals surface area contributed by atoms with Crippen LogP contribution in [0.3, 0.4) is 0 Å². The Bertz CT molecular complexity index is 1350. The largest absolute Gasteiger partial charge is 0.494 e. The number of nitrogens with one attached hydrogen (secondary N) is 1. The van der Waals surface area contributed by atoms with Crippen molar-refractivity contribution in [3.63, 3.8) is 0 Å². The van der Waals surface area contributed by atoms with Gasteiger partial charge in [0, 0.05) is 4.90 Å². The van der Waals surface area contributed by atoms with Crippen LogP contribution in [0, 0.1) is 13.8 Å². The van der Waals surface area contributed by atoms with Crippen molar-refractivity contribution in [3.05, 3.63) is 58.0 Å². The number of nitrogens with zero attached hydrogens (tertiary/aromatic N) is 3. The van der Waals surface area contributed by atoms with Crippen LogP contribution in [0.15, 0.2) is 61.2 Å². The molecule has 1 heterocycles. The summed E-state index contributed by atoms with van der Waals surface area (Å²) in [6.07, 6.45) is 0.832. The lowest BCUT2D eigenvalue weighted by atomic mass is 10.2. The number of rotatable bonds is 10. The number of hydrogen-bond donors (Lipinski definition) is 2. The quantitative estimate of drug-likeness (QED) is 0.0990. The molecule has 182 valence electrons. The summed E-state index contributed by atoms with van der Waals surface area (Å²) in [6, 6.07) is 8.65. The highest BCUT2D eigenvalue weighted by atomic mass is 32.2. The van der Waals surface area contributed by atoms with Crippen LogP contribution in [0.25, 0.3) is 5.69 Å². The van der Waals surface area contributed by atoms with Gasteiger partial charge >= 0.3 is 0 Å². The first-order valence-electron chi connectivity index (χ1n) is 10.1. The van der Waals surface area contributed by atoms with Gasteiger partial charge in [-0.3, -0.25) is 14.4 Å². The molecule has 0 radical (unpaired) electrons. The van der Waals surface area contributed by atoms with Gasteiger partial charge in [0.2, 0.25) is 0 Å². The van der Waals surface area contributed by atoms with Gasteiger partial charge in [-0.2, -0.15) is 12.8 Å². The Hall–Kier alpha value is -2.97. The van der Waals surface area contributed by atoms with Crippen LogP contribution in [0.4, 0.5) is 11.4 Å². The number of aromatic nitrogens is 2. The van der Waals surface area contributed by atoms with Crippen molar-refractivity contribution in [2.75, 3.05) is 13.7 Å². The smallest absolute Gasteiger partial charge is 0.299 e. The third-order valence-electron chi connectivity index (χ3n) is 4.63. The van der Waals surface area contributed by atoms with Gasteiger partial charge in [-0.25, -0.2) is 9.57 Å². The van der Waals surface area contributed by atoms with Crippen molar-refractivity contribution >= 4 is 33.5 Å². The molecule has 3 rings (SSSR count). The monoisotopic (exact) mass is 508 g/mol. The molecule has 3 aromatic rings. The molecule has 1 aromatic heterocycles. The molecule has 0 unspecified atom stereocenters. The van der Waals surface area contributed by atoms with Crippen LogP contribution in [-0.4, -0.2) is 36.5 Å². The van der Waals surface area contributed by atoms with Crippen LogP contribution in [0.5, 0.6) is 5.75 Å². The molecule has 2 N–H and O–H groups in total. The minimum Gasteiger partial charge on any atom is -0.494 e. The predicted molar refractivity (Wildman–Crippen MR) is 126 cm³/mol. The topological polar surface area (TPSA) is 145 Å². The van der Waals surface area contributed by atoms with Gasteiger partial charge in [0.15, 0.2) is 5.69 Å². The summed E-state index contributed by atoms with van der Waals surface area (Å²) in [4.78, 5) is 18.4. The van der Waals surface area contributed by atoms with Gasteiger partial charge in [0.25, 0.3) is 15.7 Å². The van der Waals surface area contributed by atoms with Crippen molar-refractivity contribution in [1.82, 2.24) is 9.78 Å². The predicted octanol–water partition coefficient (Wildman–Crippen LogP) is 4.82. The first-order chi connectivity index (χ1) is 16.2. The van der Waals surface area contributed by atoms with Gasteiger partial charge < -0.3 is 4.74 Å². The standard InChI is InChI=1S/C21H24N4O7S2/c1-5-10-31-32-33-19-12-18(30-4)17(11-13(19)2)22-23-20-14(3)24-25(21(20)26)15-6-8-16(9-7-15)34(27,28)29/h6-9,11-12,24H,5,10H2,1-4H3,(H,27,28,29). The Labute approximate surface area is 200 Å². The SMILES string of the molecule is CCCOOSc1cc(OC)c(N=Nc2c(C)[nH]n(-c3ccc(S(=O)(=O)O)cc3)c2=O)cc1C. The van der Waals surface area contributed by atoms with Gasteiger partial charge in [0.05, 0.1) is 42.0 Å². The molecule has 0 aliphatic rings. The van der Waals surface area contributed by atoms with Crippen LogP contribution in [0.1, 0.15) is 24.6 Å². The number of ether oxygens (including phenoxy) is 1. The fourth-order valence-corrected chi connectivity index (χ4v) is 3.89. The van der Waals surface area contributed by atoms with E-state index in [1.807, 2.05) is 13.8 Å². The fourth-order valence-electron chi connectivity index (χ4n) is 2.87. The van der Waals surface area contributed by atoms with E-state index in [0.717, 1.165) is 28.9 Å². The van der Waals surface area contributed by atoms with Crippen molar-refractivity contribution < 1.29 is 26.9 Å². The third-order valence-corrected chi connectivity index (χ3v) is 6.28. The van der Waals surface area contributed by atoms with Crippen LogP contribution >= 0.6 is 12.0 Å². The molecule has 13 heteroatoms. The number of hydrogen-bond acceptors (Lipinski definition) is 9. The minimum atomic E-state index is -4.33. The fraction of sp³-hybridized carbons (Fsp3) is 0.286. The summed E-state index contributed by atoms with van der Waals surface area (Å²) >= 11 is 1.06. The van der Waals surface area contributed by atoms with Crippen LogP contribution < -0.4 is 10.3 Å². The second kappa shape index (κ2) is 11.0. The second-order valence-electron chi connectivity index (χ2n) is 7.16. The normalized spacial score (nSPS) is 11.9. The molecule has 0 aliphatic heterocycles. The van der Waals surface area contributed by atoms with Crippen LogP contribution in [0.2, 0.25) is 0 Å². The van der Waals surface area contributed by atoms with E-state index in [2.05, 4.69) is 15.3 Å². The summed E-state index contributed by atoms with van der Waals surface area (Å²) in [7, 11) is -2.84. The van der Waals surface area contributed by atoms with E-state index in [1.165, 1.54) is 36.1 Å². The molecule has 34 heavy (non-hydrogen) atoms. The van der Waals surface area contributed by atoms with E-state index in [0.29, 0.717) is 29.4 Å².